The van der Waals surface area contributed by atoms with Crippen molar-refractivity contribution < 1.29 is 8.42 Å². The van der Waals surface area contributed by atoms with E-state index in [2.05, 4.69) is 10.2 Å². The Morgan fingerprint density at radius 2 is 2.05 bits per heavy atom. The predicted molar refractivity (Wildman–Crippen MR) is 75.1 cm³/mol. The van der Waals surface area contributed by atoms with Gasteiger partial charge in [-0.15, -0.1) is 0 Å². The van der Waals surface area contributed by atoms with Gasteiger partial charge in [0.25, 0.3) is 0 Å². The van der Waals surface area contributed by atoms with Gasteiger partial charge in [0, 0.05) is 32.7 Å². The van der Waals surface area contributed by atoms with Gasteiger partial charge in [-0.3, -0.25) is 4.90 Å². The number of nitrogens with zero attached hydrogens (tertiary/aromatic N) is 1. The number of piperazine rings is 1. The topological polar surface area (TPSA) is 49.4 Å². The summed E-state index contributed by atoms with van der Waals surface area (Å²) in [5, 5.41) is 3.32. The summed E-state index contributed by atoms with van der Waals surface area (Å²) >= 11 is 0. The van der Waals surface area contributed by atoms with Gasteiger partial charge >= 0.3 is 0 Å². The van der Waals surface area contributed by atoms with Crippen LogP contribution < -0.4 is 5.32 Å². The molecule has 1 aromatic carbocycles. The maximum Gasteiger partial charge on any atom is 0.179 e. The highest BCUT2D eigenvalue weighted by Gasteiger charge is 2.34. The normalized spacial score (nSPS) is 26.3. The average molecular weight is 280 g/mol. The van der Waals surface area contributed by atoms with Crippen LogP contribution in [0.2, 0.25) is 0 Å². The number of hydrogen-bond donors (Lipinski definition) is 1. The minimum absolute atomic E-state index is 0.128. The number of nitrogens with one attached hydrogen (secondary N) is 1. The number of fused-ring (bicyclic) bond motifs is 1. The van der Waals surface area contributed by atoms with Gasteiger partial charge in [-0.25, -0.2) is 8.42 Å². The summed E-state index contributed by atoms with van der Waals surface area (Å²) in [6.45, 7) is 6.68. The highest BCUT2D eigenvalue weighted by molar-refractivity contribution is 7.91. The van der Waals surface area contributed by atoms with Crippen LogP contribution in [-0.2, 0) is 16.4 Å². The van der Waals surface area contributed by atoms with E-state index in [1.807, 2.05) is 25.1 Å². The van der Waals surface area contributed by atoms with Gasteiger partial charge in [-0.05, 0) is 17.0 Å². The summed E-state index contributed by atoms with van der Waals surface area (Å²) < 4.78 is 24.6. The van der Waals surface area contributed by atoms with Crippen molar-refractivity contribution in [3.8, 4) is 0 Å². The summed E-state index contributed by atoms with van der Waals surface area (Å²) in [7, 11) is -3.08. The summed E-state index contributed by atoms with van der Waals surface area (Å²) in [6.07, 6.45) is 0. The Labute approximate surface area is 114 Å². The molecule has 4 nitrogen and oxygen atoms in total. The van der Waals surface area contributed by atoms with E-state index in [9.17, 15) is 8.42 Å². The fourth-order valence-electron chi connectivity index (χ4n) is 3.11. The Morgan fingerprint density at radius 1 is 1.32 bits per heavy atom. The zero-order valence-corrected chi connectivity index (χ0v) is 12.0. The van der Waals surface area contributed by atoms with Crippen molar-refractivity contribution in [2.45, 2.75) is 24.3 Å². The van der Waals surface area contributed by atoms with Gasteiger partial charge in [0.15, 0.2) is 9.84 Å². The molecule has 19 heavy (non-hydrogen) atoms. The molecular weight excluding hydrogens is 260 g/mol. The van der Waals surface area contributed by atoms with E-state index in [-0.39, 0.29) is 11.7 Å². The molecule has 0 spiro atoms. The molecule has 3 rings (SSSR count). The molecule has 1 saturated heterocycles. The Bertz CT molecular complexity index is 577. The van der Waals surface area contributed by atoms with Crippen LogP contribution in [0.15, 0.2) is 23.1 Å². The van der Waals surface area contributed by atoms with E-state index >= 15 is 0 Å². The van der Waals surface area contributed by atoms with Gasteiger partial charge in [-0.1, -0.05) is 25.1 Å². The molecule has 2 aliphatic heterocycles. The van der Waals surface area contributed by atoms with Crippen molar-refractivity contribution in [1.82, 2.24) is 10.2 Å². The van der Waals surface area contributed by atoms with Crippen LogP contribution in [0.5, 0.6) is 0 Å². The third-order valence-corrected chi connectivity index (χ3v) is 6.10. The van der Waals surface area contributed by atoms with E-state index in [1.165, 1.54) is 0 Å². The summed E-state index contributed by atoms with van der Waals surface area (Å²) in [6, 6.07) is 5.93. The molecule has 0 saturated carbocycles. The van der Waals surface area contributed by atoms with E-state index < -0.39 is 9.84 Å². The lowest BCUT2D eigenvalue weighted by molar-refractivity contribution is 0.231. The van der Waals surface area contributed by atoms with Crippen molar-refractivity contribution in [1.29, 1.82) is 0 Å². The van der Waals surface area contributed by atoms with Crippen LogP contribution in [0.3, 0.4) is 0 Å². The third kappa shape index (κ3) is 2.42. The second-order valence-corrected chi connectivity index (χ2v) is 7.52. The van der Waals surface area contributed by atoms with Crippen LogP contribution in [0.25, 0.3) is 0 Å². The van der Waals surface area contributed by atoms with E-state index in [0.29, 0.717) is 4.90 Å². The molecule has 0 radical (unpaired) electrons. The number of hydrogen-bond acceptors (Lipinski definition) is 4. The van der Waals surface area contributed by atoms with Crippen molar-refractivity contribution in [3.05, 3.63) is 29.3 Å². The minimum Gasteiger partial charge on any atom is -0.314 e. The molecular formula is C14H20N2O2S. The lowest BCUT2D eigenvalue weighted by Crippen LogP contribution is -2.43. The Morgan fingerprint density at radius 3 is 2.79 bits per heavy atom. The fourth-order valence-corrected chi connectivity index (χ4v) is 5.27. The van der Waals surface area contributed by atoms with Gasteiger partial charge in [-0.2, -0.15) is 0 Å². The molecule has 1 fully saturated rings. The number of benzene rings is 1. The first-order valence-corrected chi connectivity index (χ1v) is 8.51. The summed E-state index contributed by atoms with van der Waals surface area (Å²) in [5.74, 6) is 0.393. The first kappa shape index (κ1) is 13.1. The SMILES string of the molecule is CC1CS(=O)(=O)c2c(CN3CCNCC3)cccc21. The van der Waals surface area contributed by atoms with E-state index in [4.69, 9.17) is 0 Å². The monoisotopic (exact) mass is 280 g/mol. The summed E-state index contributed by atoms with van der Waals surface area (Å²) in [5.41, 5.74) is 1.98. The molecule has 2 heterocycles. The molecule has 0 aliphatic carbocycles. The van der Waals surface area contributed by atoms with Crippen LogP contribution in [0.1, 0.15) is 24.0 Å². The van der Waals surface area contributed by atoms with Crippen LogP contribution >= 0.6 is 0 Å². The zero-order chi connectivity index (χ0) is 13.5. The van der Waals surface area contributed by atoms with Gasteiger partial charge in [0.2, 0.25) is 0 Å². The molecule has 104 valence electrons. The molecule has 0 aromatic heterocycles. The average Bonchev–Trinajstić information content (AvgIpc) is 2.62. The first-order valence-electron chi connectivity index (χ1n) is 6.85. The van der Waals surface area contributed by atoms with Crippen molar-refractivity contribution in [2.75, 3.05) is 31.9 Å². The Kier molecular flexibility index (Phi) is 3.37. The number of sulfone groups is 1. The maximum atomic E-state index is 12.3. The lowest BCUT2D eigenvalue weighted by Gasteiger charge is -2.27. The van der Waals surface area contributed by atoms with Crippen molar-refractivity contribution >= 4 is 9.84 Å². The van der Waals surface area contributed by atoms with Gasteiger partial charge < -0.3 is 5.32 Å². The fraction of sp³-hybridized carbons (Fsp3) is 0.571. The molecule has 1 atom stereocenters. The quantitative estimate of drug-likeness (QED) is 0.877. The van der Waals surface area contributed by atoms with Crippen LogP contribution in [-0.4, -0.2) is 45.2 Å². The van der Waals surface area contributed by atoms with Crippen LogP contribution in [0.4, 0.5) is 0 Å². The first-order chi connectivity index (χ1) is 9.08. The second kappa shape index (κ2) is 4.89. The van der Waals surface area contributed by atoms with E-state index in [1.54, 1.807) is 0 Å². The molecule has 1 N–H and O–H groups in total. The van der Waals surface area contributed by atoms with E-state index in [0.717, 1.165) is 43.9 Å². The second-order valence-electron chi connectivity index (χ2n) is 5.54. The highest BCUT2D eigenvalue weighted by Crippen LogP contribution is 2.37. The number of rotatable bonds is 2. The largest absolute Gasteiger partial charge is 0.314 e. The lowest BCUT2D eigenvalue weighted by atomic mass is 10.0. The molecule has 2 aliphatic rings. The Hall–Kier alpha value is -0.910. The Balaban J connectivity index is 1.95. The van der Waals surface area contributed by atoms with Crippen molar-refractivity contribution in [2.24, 2.45) is 0 Å². The predicted octanol–water partition coefficient (Wildman–Crippen LogP) is 0.983. The molecule has 1 aromatic rings. The molecule has 1 unspecified atom stereocenters. The molecule has 0 amide bonds. The standard InChI is InChI=1S/C14H20N2O2S/c1-11-10-19(17,18)14-12(3-2-4-13(11)14)9-16-7-5-15-6-8-16/h2-4,11,15H,5-10H2,1H3. The van der Waals surface area contributed by atoms with Gasteiger partial charge in [0.05, 0.1) is 10.6 Å². The highest BCUT2D eigenvalue weighted by atomic mass is 32.2. The van der Waals surface area contributed by atoms with Crippen molar-refractivity contribution in [3.63, 3.8) is 0 Å². The third-order valence-electron chi connectivity index (χ3n) is 4.04. The minimum atomic E-state index is -3.08. The maximum absolute atomic E-state index is 12.3. The van der Waals surface area contributed by atoms with Gasteiger partial charge in [0.1, 0.15) is 0 Å². The molecule has 5 heteroatoms. The zero-order valence-electron chi connectivity index (χ0n) is 11.2. The molecule has 0 bridgehead atoms. The summed E-state index contributed by atoms with van der Waals surface area (Å²) in [4.78, 5) is 2.94. The van der Waals surface area contributed by atoms with Crippen LogP contribution in [0, 0.1) is 0 Å². The smallest absolute Gasteiger partial charge is 0.179 e.